The van der Waals surface area contributed by atoms with E-state index in [1.165, 1.54) is 54.9 Å². The number of thiophene rings is 1. The molecule has 1 saturated carbocycles. The van der Waals surface area contributed by atoms with Crippen molar-refractivity contribution in [1.29, 1.82) is 0 Å². The lowest BCUT2D eigenvalue weighted by Crippen LogP contribution is -2.59. The average Bonchev–Trinajstić information content (AvgIpc) is 2.96. The molecule has 0 atom stereocenters. The summed E-state index contributed by atoms with van der Waals surface area (Å²) in [7, 11) is 0. The Hall–Kier alpha value is -2.60. The third-order valence-corrected chi connectivity index (χ3v) is 7.52. The van der Waals surface area contributed by atoms with Crippen LogP contribution in [0.15, 0.2) is 36.4 Å². The summed E-state index contributed by atoms with van der Waals surface area (Å²) in [6, 6.07) is 12.6. The molecule has 0 radical (unpaired) electrons. The van der Waals surface area contributed by atoms with Gasteiger partial charge in [-0.1, -0.05) is 18.6 Å². The number of hydrogen-bond acceptors (Lipinski definition) is 5. The third kappa shape index (κ3) is 3.35. The smallest absolute Gasteiger partial charge is 0.263 e. The van der Waals surface area contributed by atoms with E-state index in [0.717, 1.165) is 22.3 Å². The number of hydrogen-bond donors (Lipinski definition) is 2. The van der Waals surface area contributed by atoms with Gasteiger partial charge in [0.05, 0.1) is 5.69 Å². The number of nitrogens with two attached hydrogens (primary N) is 1. The van der Waals surface area contributed by atoms with Crippen molar-refractivity contribution in [2.45, 2.75) is 32.6 Å². The van der Waals surface area contributed by atoms with Crippen LogP contribution in [-0.4, -0.2) is 30.5 Å². The topological polar surface area (TPSA) is 71.2 Å². The first-order valence-corrected chi connectivity index (χ1v) is 11.1. The van der Waals surface area contributed by atoms with Gasteiger partial charge in [-0.05, 0) is 56.0 Å². The van der Waals surface area contributed by atoms with Gasteiger partial charge in [0.25, 0.3) is 5.91 Å². The lowest BCUT2D eigenvalue weighted by Gasteiger charge is -2.57. The van der Waals surface area contributed by atoms with Crippen LogP contribution in [0.3, 0.4) is 0 Å². The number of amides is 1. The van der Waals surface area contributed by atoms with Gasteiger partial charge < -0.3 is 16.0 Å². The maximum Gasteiger partial charge on any atom is 0.263 e. The summed E-state index contributed by atoms with van der Waals surface area (Å²) in [5.41, 5.74) is 10.8. The molecule has 2 fully saturated rings. The molecule has 29 heavy (non-hydrogen) atoms. The second kappa shape index (κ2) is 7.02. The number of rotatable bonds is 5. The van der Waals surface area contributed by atoms with Crippen LogP contribution >= 0.6 is 11.3 Å². The number of anilines is 2. The molecule has 3 aromatic rings. The van der Waals surface area contributed by atoms with E-state index in [1.807, 2.05) is 19.1 Å². The minimum atomic E-state index is -0.119. The minimum absolute atomic E-state index is 0.119. The summed E-state index contributed by atoms with van der Waals surface area (Å²) in [4.78, 5) is 20.9. The van der Waals surface area contributed by atoms with Gasteiger partial charge in [-0.15, -0.1) is 11.3 Å². The Morgan fingerprint density at radius 3 is 2.66 bits per heavy atom. The van der Waals surface area contributed by atoms with Gasteiger partial charge in [-0.25, -0.2) is 4.98 Å². The Morgan fingerprint density at radius 2 is 1.97 bits per heavy atom. The van der Waals surface area contributed by atoms with Crippen molar-refractivity contribution in [2.75, 3.05) is 30.3 Å². The molecule has 1 aliphatic carbocycles. The molecule has 0 unspecified atom stereocenters. The van der Waals surface area contributed by atoms with Crippen LogP contribution < -0.4 is 16.0 Å². The van der Waals surface area contributed by atoms with Crippen molar-refractivity contribution < 1.29 is 4.79 Å². The fourth-order valence-corrected chi connectivity index (χ4v) is 5.53. The van der Waals surface area contributed by atoms with Crippen molar-refractivity contribution in [3.8, 4) is 0 Å². The molecule has 1 aromatic carbocycles. The highest BCUT2D eigenvalue weighted by atomic mass is 32.1. The molecule has 2 aromatic heterocycles. The molecular weight excluding hydrogens is 380 g/mol. The first kappa shape index (κ1) is 18.4. The maximum atomic E-state index is 12.6. The second-order valence-corrected chi connectivity index (χ2v) is 9.53. The van der Waals surface area contributed by atoms with Crippen molar-refractivity contribution in [1.82, 2.24) is 10.3 Å². The van der Waals surface area contributed by atoms with Crippen LogP contribution in [0.2, 0.25) is 0 Å². The molecule has 0 bridgehead atoms. The van der Waals surface area contributed by atoms with Crippen LogP contribution in [0.1, 0.15) is 40.2 Å². The molecule has 1 spiro atoms. The molecule has 2 aliphatic rings. The van der Waals surface area contributed by atoms with Crippen molar-refractivity contribution in [3.63, 3.8) is 0 Å². The molecule has 150 valence electrons. The third-order valence-electron chi connectivity index (χ3n) is 6.41. The summed E-state index contributed by atoms with van der Waals surface area (Å²) >= 11 is 1.36. The van der Waals surface area contributed by atoms with E-state index in [-0.39, 0.29) is 5.91 Å². The number of pyridine rings is 1. The molecular formula is C23H26N4OS. The highest BCUT2D eigenvalue weighted by molar-refractivity contribution is 7.21. The summed E-state index contributed by atoms with van der Waals surface area (Å²) < 4.78 is 0. The first-order chi connectivity index (χ1) is 14.0. The zero-order chi connectivity index (χ0) is 20.0. The van der Waals surface area contributed by atoms with Gasteiger partial charge in [0.1, 0.15) is 9.71 Å². The summed E-state index contributed by atoms with van der Waals surface area (Å²) in [6.07, 6.45) is 5.02. The van der Waals surface area contributed by atoms with Gasteiger partial charge in [0.15, 0.2) is 0 Å². The standard InChI is InChI=1S/C23H26N4OS/c1-15-3-8-18-19(24)20(29-22(18)26-15)21(28)25-12-9-16-4-6-17(7-5-16)27-13-23(14-27)10-2-11-23/h3-8H,2,9-14,24H2,1H3,(H,25,28). The Balaban J connectivity index is 1.16. The highest BCUT2D eigenvalue weighted by Gasteiger charge is 2.47. The number of benzene rings is 1. The fourth-order valence-electron chi connectivity index (χ4n) is 4.47. The number of carbonyl (C=O) groups excluding carboxylic acids is 1. The molecule has 1 amide bonds. The van der Waals surface area contributed by atoms with E-state index < -0.39 is 0 Å². The van der Waals surface area contributed by atoms with E-state index in [9.17, 15) is 4.79 Å². The SMILES string of the molecule is Cc1ccc2c(N)c(C(=O)NCCc3ccc(N4CC5(CCC5)C4)cc3)sc2n1. The van der Waals surface area contributed by atoms with Crippen LogP contribution in [0, 0.1) is 12.3 Å². The van der Waals surface area contributed by atoms with Crippen LogP contribution in [-0.2, 0) is 6.42 Å². The summed E-state index contributed by atoms with van der Waals surface area (Å²) in [5, 5.41) is 3.86. The molecule has 1 aliphatic heterocycles. The maximum absolute atomic E-state index is 12.6. The predicted molar refractivity (Wildman–Crippen MR) is 120 cm³/mol. The lowest BCUT2D eigenvalue weighted by atomic mass is 9.63. The molecule has 1 saturated heterocycles. The van der Waals surface area contributed by atoms with Crippen molar-refractivity contribution in [2.24, 2.45) is 5.41 Å². The number of aromatic nitrogens is 1. The Kier molecular flexibility index (Phi) is 4.46. The Bertz CT molecular complexity index is 1060. The van der Waals surface area contributed by atoms with Gasteiger partial charge in [0.2, 0.25) is 0 Å². The molecule has 5 nitrogen and oxygen atoms in total. The molecule has 5 rings (SSSR count). The normalized spacial score (nSPS) is 17.2. The minimum Gasteiger partial charge on any atom is -0.397 e. The zero-order valence-corrected chi connectivity index (χ0v) is 17.5. The second-order valence-electron chi connectivity index (χ2n) is 8.53. The van der Waals surface area contributed by atoms with Crippen LogP contribution in [0.4, 0.5) is 11.4 Å². The van der Waals surface area contributed by atoms with Gasteiger partial charge in [-0.2, -0.15) is 0 Å². The number of aryl methyl sites for hydroxylation is 1. The number of carbonyl (C=O) groups is 1. The quantitative estimate of drug-likeness (QED) is 0.668. The van der Waals surface area contributed by atoms with E-state index in [4.69, 9.17) is 5.73 Å². The van der Waals surface area contributed by atoms with Crippen LogP contribution in [0.25, 0.3) is 10.2 Å². The number of nitrogen functional groups attached to an aromatic ring is 1. The monoisotopic (exact) mass is 406 g/mol. The van der Waals surface area contributed by atoms with Gasteiger partial charge >= 0.3 is 0 Å². The summed E-state index contributed by atoms with van der Waals surface area (Å²) in [6.45, 7) is 4.96. The number of fused-ring (bicyclic) bond motifs is 1. The zero-order valence-electron chi connectivity index (χ0n) is 16.7. The van der Waals surface area contributed by atoms with Crippen molar-refractivity contribution >= 4 is 38.8 Å². The molecule has 3 heterocycles. The van der Waals surface area contributed by atoms with E-state index in [1.54, 1.807) is 0 Å². The highest BCUT2D eigenvalue weighted by Crippen LogP contribution is 2.49. The first-order valence-electron chi connectivity index (χ1n) is 10.3. The van der Waals surface area contributed by atoms with Gasteiger partial charge in [-0.3, -0.25) is 4.79 Å². The van der Waals surface area contributed by atoms with Crippen LogP contribution in [0.5, 0.6) is 0 Å². The lowest BCUT2D eigenvalue weighted by molar-refractivity contribution is 0.0904. The van der Waals surface area contributed by atoms with E-state index in [2.05, 4.69) is 39.5 Å². The van der Waals surface area contributed by atoms with Gasteiger partial charge in [0, 0.05) is 41.8 Å². The predicted octanol–water partition coefficient (Wildman–Crippen LogP) is 4.15. The molecule has 3 N–H and O–H groups in total. The average molecular weight is 407 g/mol. The molecule has 6 heteroatoms. The van der Waals surface area contributed by atoms with Crippen molar-refractivity contribution in [3.05, 3.63) is 52.5 Å². The largest absolute Gasteiger partial charge is 0.397 e. The number of nitrogens with zero attached hydrogens (tertiary/aromatic N) is 2. The fraction of sp³-hybridized carbons (Fsp3) is 0.391. The van der Waals surface area contributed by atoms with E-state index in [0.29, 0.717) is 22.5 Å². The Morgan fingerprint density at radius 1 is 1.21 bits per heavy atom. The summed E-state index contributed by atoms with van der Waals surface area (Å²) in [5.74, 6) is -0.119. The Labute approximate surface area is 174 Å². The number of nitrogens with one attached hydrogen (secondary N) is 1. The van der Waals surface area contributed by atoms with E-state index >= 15 is 0 Å².